The van der Waals surface area contributed by atoms with Crippen LogP contribution in [0.1, 0.15) is 35.0 Å². The highest BCUT2D eigenvalue weighted by Crippen LogP contribution is 2.23. The van der Waals surface area contributed by atoms with E-state index >= 15 is 0 Å². The van der Waals surface area contributed by atoms with E-state index in [-0.39, 0.29) is 11.6 Å². The van der Waals surface area contributed by atoms with E-state index in [1.807, 2.05) is 31.2 Å². The van der Waals surface area contributed by atoms with Crippen LogP contribution in [0.4, 0.5) is 0 Å². The van der Waals surface area contributed by atoms with Crippen molar-refractivity contribution in [2.75, 3.05) is 0 Å². The number of nitrogens with one attached hydrogen (secondary N) is 1. The van der Waals surface area contributed by atoms with Crippen molar-refractivity contribution >= 4 is 17.6 Å². The number of H-pyrrole nitrogens is 1. The zero-order valence-corrected chi connectivity index (χ0v) is 13.3. The van der Waals surface area contributed by atoms with E-state index in [1.54, 1.807) is 6.92 Å². The molecule has 0 bridgehead atoms. The van der Waals surface area contributed by atoms with E-state index in [4.69, 9.17) is 20.8 Å². The Hall–Kier alpha value is -2.60. The lowest BCUT2D eigenvalue weighted by Gasteiger charge is -2.07. The van der Waals surface area contributed by atoms with Crippen LogP contribution in [-0.4, -0.2) is 21.2 Å². The molecule has 6 nitrogen and oxygen atoms in total. The van der Waals surface area contributed by atoms with Crippen LogP contribution in [0.2, 0.25) is 5.02 Å². The fourth-order valence-electron chi connectivity index (χ4n) is 1.97. The van der Waals surface area contributed by atoms with Gasteiger partial charge in [-0.25, -0.2) is 4.79 Å². The Labute approximate surface area is 137 Å². The van der Waals surface area contributed by atoms with E-state index in [0.29, 0.717) is 10.9 Å². The van der Waals surface area contributed by atoms with Crippen molar-refractivity contribution in [3.05, 3.63) is 58.7 Å². The summed E-state index contributed by atoms with van der Waals surface area (Å²) in [6.07, 6.45) is 0.835. The summed E-state index contributed by atoms with van der Waals surface area (Å²) in [4.78, 5) is 14.7. The molecule has 0 aliphatic rings. The van der Waals surface area contributed by atoms with E-state index in [0.717, 1.165) is 11.1 Å². The van der Waals surface area contributed by atoms with E-state index < -0.39 is 12.1 Å². The number of ether oxygens (including phenoxy) is 1. The predicted octanol–water partition coefficient (Wildman–Crippen LogP) is 3.94. The van der Waals surface area contributed by atoms with Crippen molar-refractivity contribution in [3.8, 4) is 11.5 Å². The van der Waals surface area contributed by atoms with Gasteiger partial charge >= 0.3 is 5.97 Å². The van der Waals surface area contributed by atoms with Crippen LogP contribution in [0.3, 0.4) is 0 Å². The zero-order chi connectivity index (χ0) is 16.4. The number of aryl methyl sites for hydroxylation is 1. The number of nitrogens with zero attached hydrogens (tertiary/aromatic N) is 2. The van der Waals surface area contributed by atoms with Gasteiger partial charge in [0.1, 0.15) is 5.69 Å². The highest BCUT2D eigenvalue weighted by molar-refractivity contribution is 6.30. The van der Waals surface area contributed by atoms with Gasteiger partial charge in [0.15, 0.2) is 6.10 Å². The molecule has 2 heterocycles. The molecule has 1 atom stereocenters. The first-order valence-corrected chi connectivity index (χ1v) is 7.36. The Morgan fingerprint density at radius 2 is 2.04 bits per heavy atom. The van der Waals surface area contributed by atoms with Crippen molar-refractivity contribution in [1.82, 2.24) is 15.2 Å². The van der Waals surface area contributed by atoms with Gasteiger partial charge in [-0.05, 0) is 32.0 Å². The first kappa shape index (κ1) is 15.3. The summed E-state index contributed by atoms with van der Waals surface area (Å²) in [5, 5.41) is 8.36. The molecule has 0 fully saturated rings. The van der Waals surface area contributed by atoms with Gasteiger partial charge in [0.05, 0.1) is 5.02 Å². The standard InChI is InChI=1S/C16H14ClN3O3/c1-9-3-5-11(6-4-9)15-20-19-14(23-15)10(2)22-16(21)13-7-12(17)8-18-13/h3-8,10,18H,1-2H3. The molecule has 118 valence electrons. The summed E-state index contributed by atoms with van der Waals surface area (Å²) in [5.41, 5.74) is 2.21. The third kappa shape index (κ3) is 3.43. The SMILES string of the molecule is Cc1ccc(-c2nnc(C(C)OC(=O)c3cc(Cl)c[nH]3)o2)cc1. The molecule has 1 aromatic carbocycles. The topological polar surface area (TPSA) is 81.0 Å². The molecule has 0 aliphatic heterocycles. The lowest BCUT2D eigenvalue weighted by atomic mass is 10.1. The highest BCUT2D eigenvalue weighted by atomic mass is 35.5. The number of esters is 1. The molecule has 1 N–H and O–H groups in total. The van der Waals surface area contributed by atoms with E-state index in [9.17, 15) is 4.79 Å². The summed E-state index contributed by atoms with van der Waals surface area (Å²) in [6.45, 7) is 3.66. The Morgan fingerprint density at radius 1 is 1.30 bits per heavy atom. The number of hydrogen-bond donors (Lipinski definition) is 1. The van der Waals surface area contributed by atoms with Crippen molar-refractivity contribution in [1.29, 1.82) is 0 Å². The van der Waals surface area contributed by atoms with E-state index in [2.05, 4.69) is 15.2 Å². The fourth-order valence-corrected chi connectivity index (χ4v) is 2.14. The van der Waals surface area contributed by atoms with Gasteiger partial charge in [-0.3, -0.25) is 0 Å². The number of benzene rings is 1. The van der Waals surface area contributed by atoms with Gasteiger partial charge in [0.2, 0.25) is 5.89 Å². The Balaban J connectivity index is 1.72. The minimum absolute atomic E-state index is 0.228. The molecule has 2 aromatic heterocycles. The average molecular weight is 332 g/mol. The number of hydrogen-bond acceptors (Lipinski definition) is 5. The first-order valence-electron chi connectivity index (χ1n) is 6.98. The minimum Gasteiger partial charge on any atom is -0.448 e. The highest BCUT2D eigenvalue weighted by Gasteiger charge is 2.20. The monoisotopic (exact) mass is 331 g/mol. The molecule has 7 heteroatoms. The second-order valence-corrected chi connectivity index (χ2v) is 5.53. The van der Waals surface area contributed by atoms with Crippen LogP contribution in [0, 0.1) is 6.92 Å². The van der Waals surface area contributed by atoms with Crippen LogP contribution in [0.15, 0.2) is 40.9 Å². The summed E-state index contributed by atoms with van der Waals surface area (Å²) in [7, 11) is 0. The molecule has 23 heavy (non-hydrogen) atoms. The Bertz CT molecular complexity index is 823. The molecular weight excluding hydrogens is 318 g/mol. The minimum atomic E-state index is -0.670. The molecule has 3 rings (SSSR count). The molecule has 1 unspecified atom stereocenters. The van der Waals surface area contributed by atoms with Crippen LogP contribution < -0.4 is 0 Å². The molecular formula is C16H14ClN3O3. The number of aromatic nitrogens is 3. The number of carbonyl (C=O) groups excluding carboxylic acids is 1. The predicted molar refractivity (Wildman–Crippen MR) is 84.1 cm³/mol. The molecule has 0 aliphatic carbocycles. The quantitative estimate of drug-likeness (QED) is 0.732. The Morgan fingerprint density at radius 3 is 2.70 bits per heavy atom. The van der Waals surface area contributed by atoms with Crippen molar-refractivity contribution in [2.45, 2.75) is 20.0 Å². The molecule has 0 amide bonds. The summed E-state index contributed by atoms with van der Waals surface area (Å²) in [5.74, 6) is 0.0666. The molecule has 0 spiro atoms. The lowest BCUT2D eigenvalue weighted by molar-refractivity contribution is 0.0274. The number of aromatic amines is 1. The summed E-state index contributed by atoms with van der Waals surface area (Å²) < 4.78 is 10.9. The van der Waals surface area contributed by atoms with Crippen molar-refractivity contribution in [3.63, 3.8) is 0 Å². The number of carbonyl (C=O) groups is 1. The summed E-state index contributed by atoms with van der Waals surface area (Å²) in [6, 6.07) is 9.19. The maximum atomic E-state index is 12.0. The average Bonchev–Trinajstić information content (AvgIpc) is 3.17. The van der Waals surface area contributed by atoms with Crippen LogP contribution >= 0.6 is 11.6 Å². The normalized spacial score (nSPS) is 12.1. The maximum Gasteiger partial charge on any atom is 0.355 e. The molecule has 0 saturated carbocycles. The number of rotatable bonds is 4. The second kappa shape index (κ2) is 6.26. The van der Waals surface area contributed by atoms with Crippen LogP contribution in [0.25, 0.3) is 11.5 Å². The summed E-state index contributed by atoms with van der Waals surface area (Å²) >= 11 is 5.76. The van der Waals surface area contributed by atoms with Gasteiger partial charge in [0, 0.05) is 11.8 Å². The third-order valence-corrected chi connectivity index (χ3v) is 3.46. The maximum absolute atomic E-state index is 12.0. The second-order valence-electron chi connectivity index (χ2n) is 5.09. The molecule has 0 radical (unpaired) electrons. The largest absolute Gasteiger partial charge is 0.448 e. The van der Waals surface area contributed by atoms with Gasteiger partial charge in [-0.15, -0.1) is 10.2 Å². The van der Waals surface area contributed by atoms with Crippen LogP contribution in [0.5, 0.6) is 0 Å². The Kier molecular flexibility index (Phi) is 4.16. The first-order chi connectivity index (χ1) is 11.0. The van der Waals surface area contributed by atoms with Crippen molar-refractivity contribution < 1.29 is 13.9 Å². The van der Waals surface area contributed by atoms with Gasteiger partial charge in [-0.2, -0.15) is 0 Å². The van der Waals surface area contributed by atoms with Crippen LogP contribution in [-0.2, 0) is 4.74 Å². The number of halogens is 1. The van der Waals surface area contributed by atoms with Crippen molar-refractivity contribution in [2.24, 2.45) is 0 Å². The van der Waals surface area contributed by atoms with Gasteiger partial charge in [-0.1, -0.05) is 29.3 Å². The molecule has 3 aromatic rings. The van der Waals surface area contributed by atoms with E-state index in [1.165, 1.54) is 12.3 Å². The molecule has 0 saturated heterocycles. The van der Waals surface area contributed by atoms with Gasteiger partial charge < -0.3 is 14.1 Å². The third-order valence-electron chi connectivity index (χ3n) is 3.24. The lowest BCUT2D eigenvalue weighted by Crippen LogP contribution is -2.09. The van der Waals surface area contributed by atoms with Gasteiger partial charge in [0.25, 0.3) is 5.89 Å². The zero-order valence-electron chi connectivity index (χ0n) is 12.5. The fraction of sp³-hybridized carbons (Fsp3) is 0.188. The smallest absolute Gasteiger partial charge is 0.355 e.